The van der Waals surface area contributed by atoms with Gasteiger partial charge in [-0.05, 0) is 30.7 Å². The molecule has 0 spiro atoms. The average Bonchev–Trinajstić information content (AvgIpc) is 3.10. The Balaban J connectivity index is 1.99. The van der Waals surface area contributed by atoms with Crippen LogP contribution in [-0.4, -0.2) is 30.1 Å². The van der Waals surface area contributed by atoms with Crippen LogP contribution < -0.4 is 0 Å². The number of carbonyl (C=O) groups excluding carboxylic acids is 1. The standard InChI is InChI=1S/C16H25NO2S/c1-3-6-13(2)16(18)17(11-14-7-4-9-19-14)12-15-8-5-10-20-15/h5,8,10,13-14H,3-4,6-7,9,11-12H2,1-2H3. The molecule has 0 bridgehead atoms. The molecule has 1 fully saturated rings. The van der Waals surface area contributed by atoms with Crippen LogP contribution in [0, 0.1) is 5.92 Å². The van der Waals surface area contributed by atoms with Gasteiger partial charge in [0.05, 0.1) is 12.6 Å². The molecule has 0 saturated carbocycles. The zero-order valence-electron chi connectivity index (χ0n) is 12.5. The molecular weight excluding hydrogens is 270 g/mol. The summed E-state index contributed by atoms with van der Waals surface area (Å²) in [7, 11) is 0. The molecule has 0 aliphatic carbocycles. The van der Waals surface area contributed by atoms with Crippen LogP contribution in [0.1, 0.15) is 44.4 Å². The van der Waals surface area contributed by atoms with E-state index in [1.54, 1.807) is 11.3 Å². The SMILES string of the molecule is CCCC(C)C(=O)N(Cc1cccs1)CC1CCCO1. The predicted molar refractivity (Wildman–Crippen MR) is 82.8 cm³/mol. The van der Waals surface area contributed by atoms with Crippen LogP contribution in [0.3, 0.4) is 0 Å². The quantitative estimate of drug-likeness (QED) is 0.768. The minimum Gasteiger partial charge on any atom is -0.376 e. The molecule has 2 heterocycles. The molecule has 1 aliphatic rings. The van der Waals surface area contributed by atoms with Crippen LogP contribution in [0.25, 0.3) is 0 Å². The van der Waals surface area contributed by atoms with Crippen LogP contribution >= 0.6 is 11.3 Å². The Hall–Kier alpha value is -0.870. The van der Waals surface area contributed by atoms with Gasteiger partial charge >= 0.3 is 0 Å². The number of nitrogens with zero attached hydrogens (tertiary/aromatic N) is 1. The molecule has 1 aromatic rings. The van der Waals surface area contributed by atoms with Crippen molar-refractivity contribution >= 4 is 17.2 Å². The van der Waals surface area contributed by atoms with Crippen molar-refractivity contribution in [2.24, 2.45) is 5.92 Å². The average molecular weight is 295 g/mol. The van der Waals surface area contributed by atoms with Gasteiger partial charge in [-0.25, -0.2) is 0 Å². The highest BCUT2D eigenvalue weighted by atomic mass is 32.1. The zero-order chi connectivity index (χ0) is 14.4. The molecule has 112 valence electrons. The van der Waals surface area contributed by atoms with Gasteiger partial charge in [0.25, 0.3) is 0 Å². The lowest BCUT2D eigenvalue weighted by molar-refractivity contribution is -0.137. The van der Waals surface area contributed by atoms with Crippen LogP contribution in [-0.2, 0) is 16.1 Å². The largest absolute Gasteiger partial charge is 0.376 e. The summed E-state index contributed by atoms with van der Waals surface area (Å²) in [6.07, 6.45) is 4.45. The second-order valence-electron chi connectivity index (χ2n) is 5.62. The minimum atomic E-state index is 0.112. The molecule has 1 saturated heterocycles. The molecule has 2 rings (SSSR count). The molecule has 2 unspecified atom stereocenters. The number of carbonyl (C=O) groups is 1. The van der Waals surface area contributed by atoms with E-state index in [4.69, 9.17) is 4.74 Å². The molecule has 4 heteroatoms. The topological polar surface area (TPSA) is 29.5 Å². The number of hydrogen-bond acceptors (Lipinski definition) is 3. The van der Waals surface area contributed by atoms with Crippen LogP contribution in [0.15, 0.2) is 17.5 Å². The maximum atomic E-state index is 12.6. The van der Waals surface area contributed by atoms with Crippen molar-refractivity contribution in [1.29, 1.82) is 0 Å². The van der Waals surface area contributed by atoms with Gasteiger partial charge in [0.15, 0.2) is 0 Å². The Morgan fingerprint density at radius 1 is 1.60 bits per heavy atom. The lowest BCUT2D eigenvalue weighted by Gasteiger charge is -2.27. The molecule has 1 aliphatic heterocycles. The summed E-state index contributed by atoms with van der Waals surface area (Å²) >= 11 is 1.72. The Bertz CT molecular complexity index is 399. The summed E-state index contributed by atoms with van der Waals surface area (Å²) in [5, 5.41) is 2.07. The fourth-order valence-corrected chi connectivity index (χ4v) is 3.44. The summed E-state index contributed by atoms with van der Waals surface area (Å²) < 4.78 is 5.70. The van der Waals surface area contributed by atoms with Gasteiger partial charge in [0.1, 0.15) is 0 Å². The van der Waals surface area contributed by atoms with Crippen molar-refractivity contribution in [2.45, 2.75) is 52.2 Å². The third-order valence-electron chi connectivity index (χ3n) is 3.83. The van der Waals surface area contributed by atoms with E-state index in [0.29, 0.717) is 0 Å². The third kappa shape index (κ3) is 4.32. The number of ether oxygens (including phenoxy) is 1. The molecule has 20 heavy (non-hydrogen) atoms. The molecule has 1 amide bonds. The Morgan fingerprint density at radius 2 is 2.45 bits per heavy atom. The van der Waals surface area contributed by atoms with Gasteiger partial charge in [-0.15, -0.1) is 11.3 Å². The molecular formula is C16H25NO2S. The zero-order valence-corrected chi connectivity index (χ0v) is 13.3. The van der Waals surface area contributed by atoms with Crippen molar-refractivity contribution in [3.05, 3.63) is 22.4 Å². The minimum absolute atomic E-state index is 0.112. The second kappa shape index (κ2) is 7.79. The number of hydrogen-bond donors (Lipinski definition) is 0. The summed E-state index contributed by atoms with van der Waals surface area (Å²) in [6.45, 7) is 6.49. The summed E-state index contributed by atoms with van der Waals surface area (Å²) in [5.74, 6) is 0.386. The van der Waals surface area contributed by atoms with E-state index in [1.165, 1.54) is 4.88 Å². The maximum Gasteiger partial charge on any atom is 0.225 e. The first-order valence-corrected chi connectivity index (χ1v) is 8.51. The smallest absolute Gasteiger partial charge is 0.225 e. The van der Waals surface area contributed by atoms with Crippen molar-refractivity contribution in [3.63, 3.8) is 0 Å². The van der Waals surface area contributed by atoms with Gasteiger partial charge in [-0.3, -0.25) is 4.79 Å². The van der Waals surface area contributed by atoms with Gasteiger partial charge < -0.3 is 9.64 Å². The first-order chi connectivity index (χ1) is 9.70. The van der Waals surface area contributed by atoms with E-state index in [1.807, 2.05) is 17.9 Å². The van der Waals surface area contributed by atoms with Crippen molar-refractivity contribution in [2.75, 3.05) is 13.2 Å². The number of amides is 1. The highest BCUT2D eigenvalue weighted by Gasteiger charge is 2.25. The Labute approximate surface area is 125 Å². The third-order valence-corrected chi connectivity index (χ3v) is 4.69. The molecule has 0 N–H and O–H groups in total. The molecule has 0 radical (unpaired) electrons. The van der Waals surface area contributed by atoms with Gasteiger partial charge in [-0.1, -0.05) is 26.3 Å². The molecule has 3 nitrogen and oxygen atoms in total. The maximum absolute atomic E-state index is 12.6. The lowest BCUT2D eigenvalue weighted by Crippen LogP contribution is -2.39. The monoisotopic (exact) mass is 295 g/mol. The number of rotatable bonds is 7. The van der Waals surface area contributed by atoms with E-state index >= 15 is 0 Å². The molecule has 1 aromatic heterocycles. The van der Waals surface area contributed by atoms with Crippen LogP contribution in [0.5, 0.6) is 0 Å². The first-order valence-electron chi connectivity index (χ1n) is 7.63. The fourth-order valence-electron chi connectivity index (χ4n) is 2.73. The fraction of sp³-hybridized carbons (Fsp3) is 0.688. The molecule has 2 atom stereocenters. The van der Waals surface area contributed by atoms with Gasteiger partial charge in [-0.2, -0.15) is 0 Å². The Morgan fingerprint density at radius 3 is 3.05 bits per heavy atom. The van der Waals surface area contributed by atoms with E-state index < -0.39 is 0 Å². The second-order valence-corrected chi connectivity index (χ2v) is 6.66. The van der Waals surface area contributed by atoms with E-state index in [9.17, 15) is 4.79 Å². The van der Waals surface area contributed by atoms with Crippen LogP contribution in [0.4, 0.5) is 0 Å². The highest BCUT2D eigenvalue weighted by Crippen LogP contribution is 2.20. The van der Waals surface area contributed by atoms with Crippen molar-refractivity contribution in [1.82, 2.24) is 4.90 Å². The summed E-state index contributed by atoms with van der Waals surface area (Å²) in [6, 6.07) is 4.15. The predicted octanol–water partition coefficient (Wildman–Crippen LogP) is 3.69. The molecule has 0 aromatic carbocycles. The highest BCUT2D eigenvalue weighted by molar-refractivity contribution is 7.09. The normalized spacial score (nSPS) is 20.0. The Kier molecular flexibility index (Phi) is 6.05. The van der Waals surface area contributed by atoms with Gasteiger partial charge in [0.2, 0.25) is 5.91 Å². The van der Waals surface area contributed by atoms with E-state index in [2.05, 4.69) is 18.4 Å². The van der Waals surface area contributed by atoms with Crippen molar-refractivity contribution < 1.29 is 9.53 Å². The lowest BCUT2D eigenvalue weighted by atomic mass is 10.0. The summed E-state index contributed by atoms with van der Waals surface area (Å²) in [4.78, 5) is 15.9. The van der Waals surface area contributed by atoms with E-state index in [-0.39, 0.29) is 17.9 Å². The van der Waals surface area contributed by atoms with Crippen molar-refractivity contribution in [3.8, 4) is 0 Å². The van der Waals surface area contributed by atoms with Crippen LogP contribution in [0.2, 0.25) is 0 Å². The van der Waals surface area contributed by atoms with Gasteiger partial charge in [0, 0.05) is 23.9 Å². The van der Waals surface area contributed by atoms with E-state index in [0.717, 1.165) is 45.4 Å². The first kappa shape index (κ1) is 15.5. The number of thiophene rings is 1. The summed E-state index contributed by atoms with van der Waals surface area (Å²) in [5.41, 5.74) is 0.